The maximum Gasteiger partial charge on any atom is 0.126 e. The van der Waals surface area contributed by atoms with Gasteiger partial charge in [-0.15, -0.1) is 11.3 Å². The number of hydrogen-bond donors (Lipinski definition) is 1. The summed E-state index contributed by atoms with van der Waals surface area (Å²) in [4.78, 5) is 5.70. The van der Waals surface area contributed by atoms with Gasteiger partial charge in [0.2, 0.25) is 0 Å². The molecule has 1 unspecified atom stereocenters. The largest absolute Gasteiger partial charge is 0.363 e. The summed E-state index contributed by atoms with van der Waals surface area (Å²) in [6.07, 6.45) is 4.06. The summed E-state index contributed by atoms with van der Waals surface area (Å²) < 4.78 is 0.887. The Balaban J connectivity index is 1.83. The highest BCUT2D eigenvalue weighted by Gasteiger charge is 2.24. The number of aromatic nitrogens is 1. The highest BCUT2D eigenvalue weighted by Crippen LogP contribution is 2.40. The van der Waals surface area contributed by atoms with Crippen LogP contribution in [0.3, 0.4) is 0 Å². The zero-order chi connectivity index (χ0) is 11.0. The van der Waals surface area contributed by atoms with Gasteiger partial charge in [0, 0.05) is 11.1 Å². The van der Waals surface area contributed by atoms with Gasteiger partial charge in [-0.25, -0.2) is 4.98 Å². The van der Waals surface area contributed by atoms with Crippen LogP contribution in [0.25, 0.3) is 0 Å². The number of pyridine rings is 1. The number of thiophene rings is 1. The van der Waals surface area contributed by atoms with Crippen molar-refractivity contribution in [2.24, 2.45) is 0 Å². The SMILES string of the molecule is Clc1cc2c(s1)CCC2Nc1ccccn1. The van der Waals surface area contributed by atoms with Gasteiger partial charge >= 0.3 is 0 Å². The highest BCUT2D eigenvalue weighted by molar-refractivity contribution is 7.16. The van der Waals surface area contributed by atoms with Crippen LogP contribution < -0.4 is 5.32 Å². The van der Waals surface area contributed by atoms with Gasteiger partial charge in [0.15, 0.2) is 0 Å². The maximum atomic E-state index is 6.02. The molecule has 0 amide bonds. The van der Waals surface area contributed by atoms with E-state index in [0.717, 1.165) is 23.0 Å². The minimum atomic E-state index is 0.369. The van der Waals surface area contributed by atoms with E-state index in [2.05, 4.69) is 16.4 Å². The van der Waals surface area contributed by atoms with Crippen LogP contribution in [-0.4, -0.2) is 4.98 Å². The van der Waals surface area contributed by atoms with Crippen LogP contribution in [0.5, 0.6) is 0 Å². The number of fused-ring (bicyclic) bond motifs is 1. The Kier molecular flexibility index (Phi) is 2.58. The van der Waals surface area contributed by atoms with Crippen LogP contribution in [0.15, 0.2) is 30.5 Å². The minimum Gasteiger partial charge on any atom is -0.363 e. The molecule has 3 rings (SSSR count). The molecule has 0 fully saturated rings. The zero-order valence-electron chi connectivity index (χ0n) is 8.61. The second kappa shape index (κ2) is 4.07. The van der Waals surface area contributed by atoms with Gasteiger partial charge in [-0.2, -0.15) is 0 Å². The van der Waals surface area contributed by atoms with Crippen molar-refractivity contribution in [2.75, 3.05) is 5.32 Å². The Labute approximate surface area is 103 Å². The first-order valence-corrected chi connectivity index (χ1v) is 6.48. The summed E-state index contributed by atoms with van der Waals surface area (Å²) in [6, 6.07) is 8.35. The van der Waals surface area contributed by atoms with Crippen LogP contribution in [0.2, 0.25) is 4.34 Å². The van der Waals surface area contributed by atoms with Crippen LogP contribution in [-0.2, 0) is 6.42 Å². The van der Waals surface area contributed by atoms with E-state index in [1.807, 2.05) is 18.2 Å². The molecule has 0 spiro atoms. The molecule has 0 radical (unpaired) electrons. The maximum absolute atomic E-state index is 6.02. The molecule has 0 aromatic carbocycles. The molecule has 82 valence electrons. The number of anilines is 1. The summed E-state index contributed by atoms with van der Waals surface area (Å²) >= 11 is 7.72. The molecule has 0 bridgehead atoms. The van der Waals surface area contributed by atoms with Crippen LogP contribution in [0.1, 0.15) is 22.9 Å². The van der Waals surface area contributed by atoms with E-state index in [4.69, 9.17) is 11.6 Å². The zero-order valence-corrected chi connectivity index (χ0v) is 10.2. The Hall–Kier alpha value is -1.06. The first-order valence-electron chi connectivity index (χ1n) is 5.28. The molecule has 1 aliphatic rings. The van der Waals surface area contributed by atoms with E-state index < -0.39 is 0 Å². The average Bonchev–Trinajstić information content (AvgIpc) is 2.81. The Morgan fingerprint density at radius 3 is 3.19 bits per heavy atom. The van der Waals surface area contributed by atoms with Gasteiger partial charge in [0.25, 0.3) is 0 Å². The monoisotopic (exact) mass is 250 g/mol. The molecule has 16 heavy (non-hydrogen) atoms. The molecule has 2 nitrogen and oxygen atoms in total. The lowest BCUT2D eigenvalue weighted by atomic mass is 10.2. The van der Waals surface area contributed by atoms with Gasteiger partial charge in [0.05, 0.1) is 10.4 Å². The van der Waals surface area contributed by atoms with Crippen molar-refractivity contribution >= 4 is 28.8 Å². The van der Waals surface area contributed by atoms with Crippen molar-refractivity contribution in [1.29, 1.82) is 0 Å². The fourth-order valence-corrected chi connectivity index (χ4v) is 3.46. The van der Waals surface area contributed by atoms with E-state index in [1.54, 1.807) is 17.5 Å². The van der Waals surface area contributed by atoms with Crippen molar-refractivity contribution in [1.82, 2.24) is 4.98 Å². The van der Waals surface area contributed by atoms with Crippen molar-refractivity contribution in [2.45, 2.75) is 18.9 Å². The van der Waals surface area contributed by atoms with Crippen LogP contribution in [0.4, 0.5) is 5.82 Å². The summed E-state index contributed by atoms with van der Waals surface area (Å²) in [7, 11) is 0. The van der Waals surface area contributed by atoms with E-state index >= 15 is 0 Å². The number of rotatable bonds is 2. The molecule has 2 heterocycles. The van der Waals surface area contributed by atoms with Crippen molar-refractivity contribution in [3.8, 4) is 0 Å². The molecule has 1 N–H and O–H groups in total. The standard InChI is InChI=1S/C12H11ClN2S/c13-11-7-8-9(4-5-10(8)16-11)15-12-3-1-2-6-14-12/h1-3,6-7,9H,4-5H2,(H,14,15). The molecule has 1 atom stereocenters. The molecule has 0 saturated carbocycles. The van der Waals surface area contributed by atoms with Crippen molar-refractivity contribution in [3.05, 3.63) is 45.2 Å². The second-order valence-corrected chi connectivity index (χ2v) is 5.65. The summed E-state index contributed by atoms with van der Waals surface area (Å²) in [5.74, 6) is 0.933. The predicted octanol–water partition coefficient (Wildman–Crippen LogP) is 3.90. The highest BCUT2D eigenvalue weighted by atomic mass is 35.5. The molecular weight excluding hydrogens is 240 g/mol. The minimum absolute atomic E-state index is 0.369. The van der Waals surface area contributed by atoms with Crippen molar-refractivity contribution < 1.29 is 0 Å². The third kappa shape index (κ3) is 1.81. The van der Waals surface area contributed by atoms with Crippen LogP contribution >= 0.6 is 22.9 Å². The topological polar surface area (TPSA) is 24.9 Å². The number of halogens is 1. The van der Waals surface area contributed by atoms with Crippen molar-refractivity contribution in [3.63, 3.8) is 0 Å². The second-order valence-electron chi connectivity index (χ2n) is 3.88. The molecule has 2 aromatic rings. The Bertz CT molecular complexity index is 495. The van der Waals surface area contributed by atoms with Gasteiger partial charge in [-0.3, -0.25) is 0 Å². The van der Waals surface area contributed by atoms with Crippen LogP contribution in [0, 0.1) is 0 Å². The molecular formula is C12H11ClN2S. The Morgan fingerprint density at radius 2 is 2.38 bits per heavy atom. The number of hydrogen-bond acceptors (Lipinski definition) is 3. The third-order valence-electron chi connectivity index (χ3n) is 2.83. The van der Waals surface area contributed by atoms with Gasteiger partial charge in [0.1, 0.15) is 5.82 Å². The van der Waals surface area contributed by atoms with E-state index in [0.29, 0.717) is 6.04 Å². The predicted molar refractivity (Wildman–Crippen MR) is 68.3 cm³/mol. The van der Waals surface area contributed by atoms with E-state index in [1.165, 1.54) is 10.4 Å². The smallest absolute Gasteiger partial charge is 0.126 e. The third-order valence-corrected chi connectivity index (χ3v) is 4.17. The number of aryl methyl sites for hydroxylation is 1. The first-order chi connectivity index (χ1) is 7.83. The lowest BCUT2D eigenvalue weighted by Gasteiger charge is -2.13. The molecule has 4 heteroatoms. The number of nitrogens with one attached hydrogen (secondary N) is 1. The normalized spacial score (nSPS) is 18.4. The fraction of sp³-hybridized carbons (Fsp3) is 0.250. The van der Waals surface area contributed by atoms with E-state index in [-0.39, 0.29) is 0 Å². The van der Waals surface area contributed by atoms with Gasteiger partial charge in [-0.05, 0) is 36.6 Å². The first kappa shape index (κ1) is 10.1. The average molecular weight is 251 g/mol. The summed E-state index contributed by atoms with van der Waals surface area (Å²) in [6.45, 7) is 0. The fourth-order valence-electron chi connectivity index (χ4n) is 2.11. The van der Waals surface area contributed by atoms with Gasteiger partial charge < -0.3 is 5.32 Å². The molecule has 2 aromatic heterocycles. The van der Waals surface area contributed by atoms with Gasteiger partial charge in [-0.1, -0.05) is 17.7 Å². The quantitative estimate of drug-likeness (QED) is 0.875. The summed E-state index contributed by atoms with van der Waals surface area (Å²) in [5, 5.41) is 3.45. The molecule has 1 aliphatic carbocycles. The molecule has 0 aliphatic heterocycles. The lowest BCUT2D eigenvalue weighted by molar-refractivity contribution is 0.757. The van der Waals surface area contributed by atoms with E-state index in [9.17, 15) is 0 Å². The molecule has 0 saturated heterocycles. The number of nitrogens with zero attached hydrogens (tertiary/aromatic N) is 1. The Morgan fingerprint density at radius 1 is 1.44 bits per heavy atom. The lowest BCUT2D eigenvalue weighted by Crippen LogP contribution is -2.07. The summed E-state index contributed by atoms with van der Waals surface area (Å²) in [5.41, 5.74) is 1.35.